The predicted molar refractivity (Wildman–Crippen MR) is 78.2 cm³/mol. The standard InChI is InChI=1S/C16H25NO2/c1-5-6-13-7-9-14(10-8-13)15(18)17-11-16(4,19)12(2)3/h7-10,12,19H,5-6,11H2,1-4H3,(H,17,18). The van der Waals surface area contributed by atoms with Crippen LogP contribution in [0.15, 0.2) is 24.3 Å². The normalized spacial score (nSPS) is 14.2. The number of hydrogen-bond acceptors (Lipinski definition) is 2. The molecule has 1 atom stereocenters. The molecule has 0 aliphatic rings. The molecule has 1 aromatic carbocycles. The lowest BCUT2D eigenvalue weighted by Gasteiger charge is -2.27. The lowest BCUT2D eigenvalue weighted by molar-refractivity contribution is 0.0142. The number of rotatable bonds is 6. The molecule has 3 heteroatoms. The van der Waals surface area contributed by atoms with Gasteiger partial charge in [-0.05, 0) is 37.0 Å². The second-order valence-electron chi connectivity index (χ2n) is 5.64. The summed E-state index contributed by atoms with van der Waals surface area (Å²) < 4.78 is 0. The minimum Gasteiger partial charge on any atom is -0.388 e. The van der Waals surface area contributed by atoms with Gasteiger partial charge in [-0.15, -0.1) is 0 Å². The van der Waals surface area contributed by atoms with Gasteiger partial charge in [0.25, 0.3) is 5.91 Å². The van der Waals surface area contributed by atoms with Crippen LogP contribution in [-0.4, -0.2) is 23.2 Å². The molecule has 106 valence electrons. The summed E-state index contributed by atoms with van der Waals surface area (Å²) in [6.07, 6.45) is 2.13. The molecule has 0 aliphatic carbocycles. The summed E-state index contributed by atoms with van der Waals surface area (Å²) >= 11 is 0. The Kier molecular flexibility index (Phi) is 5.55. The number of aliphatic hydroxyl groups is 1. The van der Waals surface area contributed by atoms with Gasteiger partial charge in [0.05, 0.1) is 5.60 Å². The molecule has 0 aromatic heterocycles. The number of carbonyl (C=O) groups excluding carboxylic acids is 1. The predicted octanol–water partition coefficient (Wildman–Crippen LogP) is 2.78. The summed E-state index contributed by atoms with van der Waals surface area (Å²) in [5.74, 6) is -0.0382. The highest BCUT2D eigenvalue weighted by atomic mass is 16.3. The number of nitrogens with one attached hydrogen (secondary N) is 1. The van der Waals surface area contributed by atoms with Gasteiger partial charge in [-0.2, -0.15) is 0 Å². The summed E-state index contributed by atoms with van der Waals surface area (Å²) in [4.78, 5) is 12.0. The van der Waals surface area contributed by atoms with Crippen LogP contribution in [0.2, 0.25) is 0 Å². The van der Waals surface area contributed by atoms with E-state index in [4.69, 9.17) is 0 Å². The minimum atomic E-state index is -0.877. The van der Waals surface area contributed by atoms with Gasteiger partial charge in [0.2, 0.25) is 0 Å². The minimum absolute atomic E-state index is 0.0970. The van der Waals surface area contributed by atoms with Crippen molar-refractivity contribution in [1.82, 2.24) is 5.32 Å². The molecular formula is C16H25NO2. The van der Waals surface area contributed by atoms with Gasteiger partial charge >= 0.3 is 0 Å². The Morgan fingerprint density at radius 3 is 2.37 bits per heavy atom. The van der Waals surface area contributed by atoms with E-state index in [1.807, 2.05) is 38.1 Å². The number of benzene rings is 1. The molecule has 1 amide bonds. The molecule has 0 fully saturated rings. The lowest BCUT2D eigenvalue weighted by Crippen LogP contribution is -2.44. The Morgan fingerprint density at radius 1 is 1.32 bits per heavy atom. The van der Waals surface area contributed by atoms with Crippen LogP contribution in [0, 0.1) is 5.92 Å². The van der Waals surface area contributed by atoms with Crippen molar-refractivity contribution in [2.24, 2.45) is 5.92 Å². The van der Waals surface area contributed by atoms with Gasteiger partial charge in [-0.3, -0.25) is 4.79 Å². The van der Waals surface area contributed by atoms with Gasteiger partial charge in [-0.25, -0.2) is 0 Å². The highest BCUT2D eigenvalue weighted by Gasteiger charge is 2.25. The van der Waals surface area contributed by atoms with Crippen molar-refractivity contribution >= 4 is 5.91 Å². The first-order valence-corrected chi connectivity index (χ1v) is 6.96. The van der Waals surface area contributed by atoms with Crippen molar-refractivity contribution in [2.75, 3.05) is 6.54 Å². The third-order valence-corrected chi connectivity index (χ3v) is 3.61. The van der Waals surface area contributed by atoms with E-state index in [-0.39, 0.29) is 18.4 Å². The zero-order valence-corrected chi connectivity index (χ0v) is 12.4. The molecule has 0 saturated heterocycles. The molecule has 0 heterocycles. The van der Waals surface area contributed by atoms with Gasteiger partial charge in [-0.1, -0.05) is 39.3 Å². The third kappa shape index (κ3) is 4.67. The van der Waals surface area contributed by atoms with E-state index < -0.39 is 5.60 Å². The van der Waals surface area contributed by atoms with Crippen LogP contribution >= 0.6 is 0 Å². The number of carbonyl (C=O) groups is 1. The van der Waals surface area contributed by atoms with Crippen molar-refractivity contribution < 1.29 is 9.90 Å². The quantitative estimate of drug-likeness (QED) is 0.829. The maximum absolute atomic E-state index is 12.0. The summed E-state index contributed by atoms with van der Waals surface area (Å²) in [6, 6.07) is 7.65. The van der Waals surface area contributed by atoms with Crippen LogP contribution in [-0.2, 0) is 6.42 Å². The van der Waals surface area contributed by atoms with Crippen LogP contribution in [0.1, 0.15) is 50.0 Å². The van der Waals surface area contributed by atoms with Crippen LogP contribution < -0.4 is 5.32 Å². The molecule has 0 aliphatic heterocycles. The Bertz CT molecular complexity index is 407. The summed E-state index contributed by atoms with van der Waals surface area (Å²) in [5.41, 5.74) is 1.00. The van der Waals surface area contributed by atoms with E-state index in [2.05, 4.69) is 12.2 Å². The first-order valence-electron chi connectivity index (χ1n) is 6.96. The van der Waals surface area contributed by atoms with E-state index in [0.717, 1.165) is 12.8 Å². The number of aryl methyl sites for hydroxylation is 1. The summed E-state index contributed by atoms with van der Waals surface area (Å²) in [6.45, 7) is 8.01. The largest absolute Gasteiger partial charge is 0.388 e. The SMILES string of the molecule is CCCc1ccc(C(=O)NCC(C)(O)C(C)C)cc1. The zero-order valence-electron chi connectivity index (χ0n) is 12.4. The van der Waals surface area contributed by atoms with Gasteiger partial charge < -0.3 is 10.4 Å². The molecule has 1 unspecified atom stereocenters. The molecule has 0 spiro atoms. The molecule has 0 radical (unpaired) electrons. The molecular weight excluding hydrogens is 238 g/mol. The van der Waals surface area contributed by atoms with Gasteiger partial charge in [0.1, 0.15) is 0 Å². The van der Waals surface area contributed by atoms with Crippen LogP contribution in [0.25, 0.3) is 0 Å². The average Bonchev–Trinajstić information content (AvgIpc) is 2.37. The fraction of sp³-hybridized carbons (Fsp3) is 0.562. The van der Waals surface area contributed by atoms with E-state index in [1.54, 1.807) is 6.92 Å². The van der Waals surface area contributed by atoms with Crippen molar-refractivity contribution in [2.45, 2.75) is 46.1 Å². The first kappa shape index (κ1) is 15.7. The van der Waals surface area contributed by atoms with Crippen molar-refractivity contribution in [3.05, 3.63) is 35.4 Å². The molecule has 1 rings (SSSR count). The second-order valence-corrected chi connectivity index (χ2v) is 5.64. The van der Waals surface area contributed by atoms with E-state index >= 15 is 0 Å². The molecule has 0 bridgehead atoms. The average molecular weight is 263 g/mol. The molecule has 1 aromatic rings. The van der Waals surface area contributed by atoms with Crippen LogP contribution in [0.3, 0.4) is 0 Å². The Labute approximate surface area is 116 Å². The number of amides is 1. The fourth-order valence-electron chi connectivity index (χ4n) is 1.68. The van der Waals surface area contributed by atoms with Gasteiger partial charge in [0.15, 0.2) is 0 Å². The van der Waals surface area contributed by atoms with Crippen molar-refractivity contribution in [3.8, 4) is 0 Å². The van der Waals surface area contributed by atoms with E-state index in [0.29, 0.717) is 5.56 Å². The first-order chi connectivity index (χ1) is 8.86. The molecule has 2 N–H and O–H groups in total. The molecule has 0 saturated carbocycles. The van der Waals surface area contributed by atoms with Crippen LogP contribution in [0.5, 0.6) is 0 Å². The molecule has 3 nitrogen and oxygen atoms in total. The zero-order chi connectivity index (χ0) is 14.5. The Hall–Kier alpha value is -1.35. The smallest absolute Gasteiger partial charge is 0.251 e. The second kappa shape index (κ2) is 6.71. The fourth-order valence-corrected chi connectivity index (χ4v) is 1.68. The highest BCUT2D eigenvalue weighted by molar-refractivity contribution is 5.94. The maximum Gasteiger partial charge on any atom is 0.251 e. The number of hydrogen-bond donors (Lipinski definition) is 2. The van der Waals surface area contributed by atoms with Crippen LogP contribution in [0.4, 0.5) is 0 Å². The maximum atomic E-state index is 12.0. The van der Waals surface area contributed by atoms with E-state index in [1.165, 1.54) is 5.56 Å². The molecule has 19 heavy (non-hydrogen) atoms. The van der Waals surface area contributed by atoms with E-state index in [9.17, 15) is 9.90 Å². The Morgan fingerprint density at radius 2 is 1.89 bits per heavy atom. The Balaban J connectivity index is 2.59. The summed E-state index contributed by atoms with van der Waals surface area (Å²) in [5, 5.41) is 12.9. The van der Waals surface area contributed by atoms with Gasteiger partial charge in [0, 0.05) is 12.1 Å². The highest BCUT2D eigenvalue weighted by Crippen LogP contribution is 2.15. The third-order valence-electron chi connectivity index (χ3n) is 3.61. The summed E-state index contributed by atoms with van der Waals surface area (Å²) in [7, 11) is 0. The van der Waals surface area contributed by atoms with Crippen molar-refractivity contribution in [3.63, 3.8) is 0 Å². The monoisotopic (exact) mass is 263 g/mol. The van der Waals surface area contributed by atoms with Crippen molar-refractivity contribution in [1.29, 1.82) is 0 Å². The lowest BCUT2D eigenvalue weighted by atomic mass is 9.92. The topological polar surface area (TPSA) is 49.3 Å².